The highest BCUT2D eigenvalue weighted by atomic mass is 16.5. The number of rotatable bonds is 6. The maximum atomic E-state index is 13.3. The van der Waals surface area contributed by atoms with Gasteiger partial charge in [-0.3, -0.25) is 14.6 Å². The van der Waals surface area contributed by atoms with Crippen LogP contribution in [0.5, 0.6) is 11.5 Å². The first-order valence-corrected chi connectivity index (χ1v) is 10.9. The van der Waals surface area contributed by atoms with Crippen LogP contribution in [0.4, 0.5) is 0 Å². The molecule has 0 amide bonds. The lowest BCUT2D eigenvalue weighted by molar-refractivity contribution is -0.146. The number of Topliss-reactive ketones (excluding diaryl/α,β-unsaturated/α-hetero) is 1. The molecule has 0 saturated heterocycles. The lowest BCUT2D eigenvalue weighted by Crippen LogP contribution is -2.39. The molecule has 2 atom stereocenters. The summed E-state index contributed by atoms with van der Waals surface area (Å²) in [5.74, 6) is -0.231. The van der Waals surface area contributed by atoms with E-state index >= 15 is 0 Å². The van der Waals surface area contributed by atoms with Crippen molar-refractivity contribution >= 4 is 17.5 Å². The van der Waals surface area contributed by atoms with Crippen LogP contribution in [0.2, 0.25) is 0 Å². The number of benzene rings is 1. The molecule has 1 unspecified atom stereocenters. The Morgan fingerprint density at radius 3 is 2.55 bits per heavy atom. The average molecular weight is 428 g/mol. The molecule has 0 aromatic heterocycles. The lowest BCUT2D eigenvalue weighted by atomic mass is 9.67. The van der Waals surface area contributed by atoms with Crippen molar-refractivity contribution in [1.82, 2.24) is 0 Å². The SMILES string of the molecule is CCOC(=O)C1C(C)=NC2=C(C(=O)CC(C)(C)C2)[C@H]1c1ccc(OC(C)C)c(OC)c1. The van der Waals surface area contributed by atoms with Gasteiger partial charge in [0.1, 0.15) is 5.92 Å². The number of hydrogen-bond acceptors (Lipinski definition) is 6. The number of nitrogens with zero attached hydrogens (tertiary/aromatic N) is 1. The van der Waals surface area contributed by atoms with Gasteiger partial charge in [0.15, 0.2) is 17.3 Å². The summed E-state index contributed by atoms with van der Waals surface area (Å²) in [6.45, 7) is 11.9. The van der Waals surface area contributed by atoms with Gasteiger partial charge in [0.25, 0.3) is 0 Å². The first kappa shape index (κ1) is 23.0. The molecule has 31 heavy (non-hydrogen) atoms. The third-order valence-corrected chi connectivity index (χ3v) is 5.75. The molecule has 0 saturated carbocycles. The number of aliphatic imine (C=N–C) groups is 1. The van der Waals surface area contributed by atoms with Gasteiger partial charge >= 0.3 is 5.97 Å². The van der Waals surface area contributed by atoms with Crippen molar-refractivity contribution in [3.8, 4) is 11.5 Å². The van der Waals surface area contributed by atoms with Gasteiger partial charge < -0.3 is 14.2 Å². The van der Waals surface area contributed by atoms with E-state index in [0.717, 1.165) is 11.3 Å². The van der Waals surface area contributed by atoms with E-state index in [9.17, 15) is 9.59 Å². The Hall–Kier alpha value is -2.63. The van der Waals surface area contributed by atoms with Crippen LogP contribution in [0.1, 0.15) is 65.9 Å². The summed E-state index contributed by atoms with van der Waals surface area (Å²) >= 11 is 0. The zero-order valence-electron chi connectivity index (χ0n) is 19.6. The molecule has 1 aliphatic heterocycles. The topological polar surface area (TPSA) is 74.2 Å². The summed E-state index contributed by atoms with van der Waals surface area (Å²) in [5.41, 5.74) is 2.75. The molecule has 2 aliphatic rings. The van der Waals surface area contributed by atoms with Crippen LogP contribution in [-0.4, -0.2) is 37.3 Å². The molecule has 3 rings (SSSR count). The predicted octanol–water partition coefficient (Wildman–Crippen LogP) is 4.86. The van der Waals surface area contributed by atoms with Gasteiger partial charge in [0.05, 0.1) is 19.8 Å². The number of allylic oxidation sites excluding steroid dienone is 2. The van der Waals surface area contributed by atoms with E-state index in [-0.39, 0.29) is 29.9 Å². The predicted molar refractivity (Wildman–Crippen MR) is 120 cm³/mol. The Morgan fingerprint density at radius 1 is 1.23 bits per heavy atom. The highest BCUT2D eigenvalue weighted by Crippen LogP contribution is 2.48. The molecule has 6 heteroatoms. The van der Waals surface area contributed by atoms with Crippen LogP contribution in [0, 0.1) is 11.3 Å². The fourth-order valence-corrected chi connectivity index (χ4v) is 4.57. The number of esters is 1. The number of hydrogen-bond donors (Lipinski definition) is 0. The number of carbonyl (C=O) groups is 2. The van der Waals surface area contributed by atoms with Gasteiger partial charge in [-0.25, -0.2) is 0 Å². The van der Waals surface area contributed by atoms with Crippen molar-refractivity contribution in [3.63, 3.8) is 0 Å². The molecule has 1 aliphatic carbocycles. The molecular formula is C25H33NO5. The third kappa shape index (κ3) is 4.68. The summed E-state index contributed by atoms with van der Waals surface area (Å²) in [6.07, 6.45) is 1.12. The van der Waals surface area contributed by atoms with Crippen LogP contribution in [-0.2, 0) is 14.3 Å². The Labute approximate surface area is 184 Å². The van der Waals surface area contributed by atoms with Crippen molar-refractivity contribution in [2.45, 2.75) is 66.4 Å². The fourth-order valence-electron chi connectivity index (χ4n) is 4.57. The summed E-state index contributed by atoms with van der Waals surface area (Å²) in [4.78, 5) is 31.0. The van der Waals surface area contributed by atoms with Crippen molar-refractivity contribution in [1.29, 1.82) is 0 Å². The van der Waals surface area contributed by atoms with Gasteiger partial charge in [0.2, 0.25) is 0 Å². The first-order chi connectivity index (χ1) is 14.6. The summed E-state index contributed by atoms with van der Waals surface area (Å²) < 4.78 is 16.8. The Kier molecular flexibility index (Phi) is 6.58. The van der Waals surface area contributed by atoms with Crippen LogP contribution >= 0.6 is 0 Å². The monoisotopic (exact) mass is 427 g/mol. The highest BCUT2D eigenvalue weighted by molar-refractivity contribution is 6.09. The van der Waals surface area contributed by atoms with Crippen LogP contribution < -0.4 is 9.47 Å². The summed E-state index contributed by atoms with van der Waals surface area (Å²) in [7, 11) is 1.59. The summed E-state index contributed by atoms with van der Waals surface area (Å²) in [5, 5.41) is 0. The number of ether oxygens (including phenoxy) is 3. The molecule has 1 heterocycles. The minimum Gasteiger partial charge on any atom is -0.493 e. The summed E-state index contributed by atoms with van der Waals surface area (Å²) in [6, 6.07) is 5.62. The van der Waals surface area contributed by atoms with E-state index in [1.54, 1.807) is 14.0 Å². The molecule has 0 fully saturated rings. The molecule has 6 nitrogen and oxygen atoms in total. The largest absolute Gasteiger partial charge is 0.493 e. The molecule has 0 bridgehead atoms. The van der Waals surface area contributed by atoms with Gasteiger partial charge in [-0.2, -0.15) is 0 Å². The fraction of sp³-hybridized carbons (Fsp3) is 0.560. The number of ketones is 1. The van der Waals surface area contributed by atoms with Gasteiger partial charge in [0, 0.05) is 29.3 Å². The minimum atomic E-state index is -0.648. The van der Waals surface area contributed by atoms with Gasteiger partial charge in [-0.05, 0) is 57.2 Å². The normalized spacial score (nSPS) is 22.7. The van der Waals surface area contributed by atoms with Crippen molar-refractivity contribution in [2.75, 3.05) is 13.7 Å². The quantitative estimate of drug-likeness (QED) is 0.606. The second-order valence-corrected chi connectivity index (χ2v) is 9.34. The second kappa shape index (κ2) is 8.85. The molecule has 0 radical (unpaired) electrons. The molecule has 168 valence electrons. The lowest BCUT2D eigenvalue weighted by Gasteiger charge is -2.39. The first-order valence-electron chi connectivity index (χ1n) is 10.9. The molecule has 0 spiro atoms. The zero-order valence-corrected chi connectivity index (χ0v) is 19.6. The molecule has 1 aromatic rings. The van der Waals surface area contributed by atoms with Gasteiger partial charge in [-0.15, -0.1) is 0 Å². The average Bonchev–Trinajstić information content (AvgIpc) is 2.65. The standard InChI is InChI=1S/C25H33NO5/c1-8-30-24(28)21-15(4)26-17-12-25(5,6)13-18(27)23(17)22(21)16-9-10-19(31-14(2)3)20(11-16)29-7/h9-11,14,21-22H,8,12-13H2,1-7H3/t21?,22-/m0/s1. The maximum absolute atomic E-state index is 13.3. The van der Waals surface area contributed by atoms with E-state index in [4.69, 9.17) is 19.2 Å². The zero-order chi connectivity index (χ0) is 22.9. The van der Waals surface area contributed by atoms with E-state index in [1.165, 1.54) is 0 Å². The highest BCUT2D eigenvalue weighted by Gasteiger charge is 2.46. The van der Waals surface area contributed by atoms with E-state index < -0.39 is 11.8 Å². The Morgan fingerprint density at radius 2 is 1.94 bits per heavy atom. The third-order valence-electron chi connectivity index (χ3n) is 5.75. The van der Waals surface area contributed by atoms with Crippen molar-refractivity contribution in [2.24, 2.45) is 16.3 Å². The maximum Gasteiger partial charge on any atom is 0.315 e. The number of methoxy groups -OCH3 is 1. The van der Waals surface area contributed by atoms with Gasteiger partial charge in [-0.1, -0.05) is 19.9 Å². The molecule has 1 aromatic carbocycles. The van der Waals surface area contributed by atoms with Crippen molar-refractivity contribution < 1.29 is 23.8 Å². The second-order valence-electron chi connectivity index (χ2n) is 9.34. The Balaban J connectivity index is 2.16. The van der Waals surface area contributed by atoms with Crippen LogP contribution in [0.25, 0.3) is 0 Å². The molecule has 0 N–H and O–H groups in total. The van der Waals surface area contributed by atoms with E-state index in [0.29, 0.717) is 35.6 Å². The van der Waals surface area contributed by atoms with Crippen LogP contribution in [0.15, 0.2) is 34.5 Å². The van der Waals surface area contributed by atoms with E-state index in [1.807, 2.05) is 39.0 Å². The molecular weight excluding hydrogens is 394 g/mol. The van der Waals surface area contributed by atoms with Crippen molar-refractivity contribution in [3.05, 3.63) is 35.0 Å². The van der Waals surface area contributed by atoms with E-state index in [2.05, 4.69) is 13.8 Å². The van der Waals surface area contributed by atoms with Crippen LogP contribution in [0.3, 0.4) is 0 Å². The number of carbonyl (C=O) groups excluding carboxylic acids is 2. The smallest absolute Gasteiger partial charge is 0.315 e. The Bertz CT molecular complexity index is 941. The minimum absolute atomic E-state index is 0.00689.